The van der Waals surface area contributed by atoms with E-state index in [2.05, 4.69) is 10.3 Å². The first-order valence-corrected chi connectivity index (χ1v) is 6.45. The molecule has 5 heteroatoms. The average Bonchev–Trinajstić information content (AvgIpc) is 2.48. The van der Waals surface area contributed by atoms with Crippen molar-refractivity contribution in [3.8, 4) is 11.5 Å². The standard InChI is InChI=1S/C15H19N3O2/c1-19-15-5-4-13(9-14(15)16)20-8-7-18-11-12-3-2-6-17-10-12/h2-6,9-10,18H,7-8,11,16H2,1H3. The summed E-state index contributed by atoms with van der Waals surface area (Å²) in [6.45, 7) is 2.11. The number of rotatable bonds is 7. The Bertz CT molecular complexity index is 532. The fourth-order valence-corrected chi connectivity index (χ4v) is 1.78. The lowest BCUT2D eigenvalue weighted by Crippen LogP contribution is -2.20. The molecule has 0 saturated heterocycles. The molecular formula is C15H19N3O2. The van der Waals surface area contributed by atoms with Crippen molar-refractivity contribution in [1.29, 1.82) is 0 Å². The molecule has 5 nitrogen and oxygen atoms in total. The number of nitrogens with zero attached hydrogens (tertiary/aromatic N) is 1. The third kappa shape index (κ3) is 4.13. The Morgan fingerprint density at radius 2 is 2.20 bits per heavy atom. The van der Waals surface area contributed by atoms with Crippen LogP contribution in [0.4, 0.5) is 5.69 Å². The van der Waals surface area contributed by atoms with Crippen LogP contribution in [-0.4, -0.2) is 25.2 Å². The molecule has 1 aromatic carbocycles. The van der Waals surface area contributed by atoms with Gasteiger partial charge < -0.3 is 20.5 Å². The number of hydrogen-bond acceptors (Lipinski definition) is 5. The van der Waals surface area contributed by atoms with Gasteiger partial charge in [0.15, 0.2) is 0 Å². The zero-order chi connectivity index (χ0) is 14.2. The van der Waals surface area contributed by atoms with Crippen LogP contribution in [-0.2, 0) is 6.54 Å². The van der Waals surface area contributed by atoms with E-state index in [1.807, 2.05) is 24.4 Å². The van der Waals surface area contributed by atoms with Crippen molar-refractivity contribution >= 4 is 5.69 Å². The topological polar surface area (TPSA) is 69.4 Å². The molecule has 1 heterocycles. The molecule has 0 saturated carbocycles. The molecule has 0 spiro atoms. The van der Waals surface area contributed by atoms with Gasteiger partial charge in [0.25, 0.3) is 0 Å². The van der Waals surface area contributed by atoms with Crippen LogP contribution in [0.15, 0.2) is 42.7 Å². The second-order valence-electron chi connectivity index (χ2n) is 4.29. The molecule has 0 unspecified atom stereocenters. The van der Waals surface area contributed by atoms with Crippen molar-refractivity contribution in [2.75, 3.05) is 26.0 Å². The minimum Gasteiger partial charge on any atom is -0.495 e. The van der Waals surface area contributed by atoms with Gasteiger partial charge in [-0.05, 0) is 23.8 Å². The maximum atomic E-state index is 5.81. The lowest BCUT2D eigenvalue weighted by Gasteiger charge is -2.10. The normalized spacial score (nSPS) is 10.2. The Kier molecular flexibility index (Phi) is 5.20. The van der Waals surface area contributed by atoms with E-state index < -0.39 is 0 Å². The number of benzene rings is 1. The van der Waals surface area contributed by atoms with Gasteiger partial charge in [0.2, 0.25) is 0 Å². The zero-order valence-corrected chi connectivity index (χ0v) is 11.5. The first kappa shape index (κ1) is 14.1. The number of methoxy groups -OCH3 is 1. The second-order valence-corrected chi connectivity index (χ2v) is 4.29. The molecule has 0 aliphatic rings. The first-order chi connectivity index (χ1) is 9.79. The molecule has 0 aliphatic carbocycles. The van der Waals surface area contributed by atoms with E-state index in [4.69, 9.17) is 15.2 Å². The lowest BCUT2D eigenvalue weighted by atomic mass is 10.3. The molecule has 0 amide bonds. The van der Waals surface area contributed by atoms with Gasteiger partial charge in [-0.15, -0.1) is 0 Å². The van der Waals surface area contributed by atoms with E-state index in [1.54, 1.807) is 25.4 Å². The van der Waals surface area contributed by atoms with Gasteiger partial charge in [0, 0.05) is 31.5 Å². The van der Waals surface area contributed by atoms with Crippen LogP contribution in [0.25, 0.3) is 0 Å². The van der Waals surface area contributed by atoms with Crippen LogP contribution in [0, 0.1) is 0 Å². The highest BCUT2D eigenvalue weighted by Crippen LogP contribution is 2.25. The monoisotopic (exact) mass is 273 g/mol. The van der Waals surface area contributed by atoms with Gasteiger partial charge in [0.05, 0.1) is 12.8 Å². The van der Waals surface area contributed by atoms with E-state index in [1.165, 1.54) is 0 Å². The quantitative estimate of drug-likeness (QED) is 0.595. The number of anilines is 1. The molecule has 106 valence electrons. The summed E-state index contributed by atoms with van der Waals surface area (Å²) >= 11 is 0. The van der Waals surface area contributed by atoms with Crippen LogP contribution < -0.4 is 20.5 Å². The highest BCUT2D eigenvalue weighted by molar-refractivity contribution is 5.56. The minimum absolute atomic E-state index is 0.575. The molecule has 1 aromatic heterocycles. The summed E-state index contributed by atoms with van der Waals surface area (Å²) in [7, 11) is 1.59. The fourth-order valence-electron chi connectivity index (χ4n) is 1.78. The summed E-state index contributed by atoms with van der Waals surface area (Å²) in [4.78, 5) is 4.06. The Balaban J connectivity index is 1.69. The highest BCUT2D eigenvalue weighted by atomic mass is 16.5. The van der Waals surface area contributed by atoms with Gasteiger partial charge in [-0.3, -0.25) is 4.98 Å². The average molecular weight is 273 g/mol. The number of nitrogen functional groups attached to an aromatic ring is 1. The maximum absolute atomic E-state index is 5.81. The molecule has 2 aromatic rings. The van der Waals surface area contributed by atoms with Crippen molar-refractivity contribution in [3.05, 3.63) is 48.3 Å². The third-order valence-corrected chi connectivity index (χ3v) is 2.80. The van der Waals surface area contributed by atoms with Crippen molar-refractivity contribution in [2.45, 2.75) is 6.54 Å². The predicted molar refractivity (Wildman–Crippen MR) is 78.8 cm³/mol. The molecule has 0 aliphatic heterocycles. The van der Waals surface area contributed by atoms with Crippen LogP contribution in [0.3, 0.4) is 0 Å². The number of nitrogens with two attached hydrogens (primary N) is 1. The largest absolute Gasteiger partial charge is 0.495 e. The number of aromatic nitrogens is 1. The number of pyridine rings is 1. The van der Waals surface area contributed by atoms with Crippen LogP contribution in [0.1, 0.15) is 5.56 Å². The number of nitrogens with one attached hydrogen (secondary N) is 1. The first-order valence-electron chi connectivity index (χ1n) is 6.45. The summed E-state index contributed by atoms with van der Waals surface area (Å²) in [5.74, 6) is 1.40. The summed E-state index contributed by atoms with van der Waals surface area (Å²) in [6.07, 6.45) is 3.61. The molecule has 0 atom stereocenters. The maximum Gasteiger partial charge on any atom is 0.142 e. The third-order valence-electron chi connectivity index (χ3n) is 2.80. The predicted octanol–water partition coefficient (Wildman–Crippen LogP) is 1.84. The smallest absolute Gasteiger partial charge is 0.142 e. The summed E-state index contributed by atoms with van der Waals surface area (Å²) in [5, 5.41) is 3.29. The van der Waals surface area contributed by atoms with Gasteiger partial charge in [-0.2, -0.15) is 0 Å². The Morgan fingerprint density at radius 3 is 2.90 bits per heavy atom. The molecule has 20 heavy (non-hydrogen) atoms. The van der Waals surface area contributed by atoms with Gasteiger partial charge in [-0.25, -0.2) is 0 Å². The van der Waals surface area contributed by atoms with Crippen molar-refractivity contribution in [3.63, 3.8) is 0 Å². The Morgan fingerprint density at radius 1 is 1.30 bits per heavy atom. The van der Waals surface area contributed by atoms with E-state index in [0.29, 0.717) is 18.0 Å². The summed E-state index contributed by atoms with van der Waals surface area (Å²) < 4.78 is 10.7. The molecule has 0 fully saturated rings. The molecule has 0 bridgehead atoms. The van der Waals surface area contributed by atoms with Crippen LogP contribution in [0.2, 0.25) is 0 Å². The zero-order valence-electron chi connectivity index (χ0n) is 11.5. The molecule has 2 rings (SSSR count). The van der Waals surface area contributed by atoms with Crippen molar-refractivity contribution in [2.24, 2.45) is 0 Å². The van der Waals surface area contributed by atoms with Crippen LogP contribution >= 0.6 is 0 Å². The van der Waals surface area contributed by atoms with E-state index in [0.717, 1.165) is 24.4 Å². The van der Waals surface area contributed by atoms with Crippen molar-refractivity contribution in [1.82, 2.24) is 10.3 Å². The lowest BCUT2D eigenvalue weighted by molar-refractivity contribution is 0.313. The number of hydrogen-bond donors (Lipinski definition) is 2. The van der Waals surface area contributed by atoms with E-state index in [9.17, 15) is 0 Å². The van der Waals surface area contributed by atoms with Crippen molar-refractivity contribution < 1.29 is 9.47 Å². The van der Waals surface area contributed by atoms with E-state index in [-0.39, 0.29) is 0 Å². The Hall–Kier alpha value is -2.27. The molecule has 3 N–H and O–H groups in total. The Labute approximate surface area is 118 Å². The van der Waals surface area contributed by atoms with Gasteiger partial charge in [0.1, 0.15) is 18.1 Å². The summed E-state index contributed by atoms with van der Waals surface area (Å²) in [5.41, 5.74) is 7.54. The van der Waals surface area contributed by atoms with E-state index >= 15 is 0 Å². The van der Waals surface area contributed by atoms with Crippen LogP contribution in [0.5, 0.6) is 11.5 Å². The minimum atomic E-state index is 0.575. The molecular weight excluding hydrogens is 254 g/mol. The molecule has 0 radical (unpaired) electrons. The second kappa shape index (κ2) is 7.35. The SMILES string of the molecule is COc1ccc(OCCNCc2cccnc2)cc1N. The fraction of sp³-hybridized carbons (Fsp3) is 0.267. The highest BCUT2D eigenvalue weighted by Gasteiger charge is 2.01. The van der Waals surface area contributed by atoms with Gasteiger partial charge >= 0.3 is 0 Å². The van der Waals surface area contributed by atoms with Gasteiger partial charge in [-0.1, -0.05) is 6.07 Å². The number of ether oxygens (including phenoxy) is 2. The summed E-state index contributed by atoms with van der Waals surface area (Å²) in [6, 6.07) is 9.36.